The van der Waals surface area contributed by atoms with Crippen molar-refractivity contribution >= 4 is 5.97 Å². The molecule has 3 aromatic carbocycles. The molecule has 0 saturated heterocycles. The SMILES string of the molecule is CCCCCCCCCCCCCCCCCCOC(C)c1ccc(C(=O)Oc2ccc(-c3ccc(CCCCCCCCCCCCCCC)cc3)cc2)cc1. The zero-order valence-corrected chi connectivity index (χ0v) is 37.2. The molecule has 0 spiro atoms. The summed E-state index contributed by atoms with van der Waals surface area (Å²) in [5, 5.41) is 0. The third kappa shape index (κ3) is 23.3. The summed E-state index contributed by atoms with van der Waals surface area (Å²) in [6.45, 7) is 7.45. The van der Waals surface area contributed by atoms with Gasteiger partial charge in [0.2, 0.25) is 0 Å². The molecule has 3 aromatic rings. The first-order valence-corrected chi connectivity index (χ1v) is 24.2. The smallest absolute Gasteiger partial charge is 0.343 e. The number of carbonyl (C=O) groups excluding carboxylic acids is 1. The minimum Gasteiger partial charge on any atom is -0.423 e. The van der Waals surface area contributed by atoms with E-state index in [1.807, 2.05) is 48.5 Å². The van der Waals surface area contributed by atoms with Crippen LogP contribution in [0.1, 0.15) is 235 Å². The van der Waals surface area contributed by atoms with Crippen LogP contribution in [0.4, 0.5) is 0 Å². The summed E-state index contributed by atoms with van der Waals surface area (Å²) in [7, 11) is 0. The third-order valence-electron chi connectivity index (χ3n) is 11.9. The lowest BCUT2D eigenvalue weighted by Crippen LogP contribution is -2.09. The Kier molecular flexibility index (Phi) is 28.0. The quantitative estimate of drug-likeness (QED) is 0.0335. The molecule has 0 amide bonds. The zero-order valence-electron chi connectivity index (χ0n) is 37.2. The molecular weight excluding hydrogens is 697 g/mol. The van der Waals surface area contributed by atoms with Crippen molar-refractivity contribution in [2.75, 3.05) is 6.61 Å². The fourth-order valence-corrected chi connectivity index (χ4v) is 7.99. The van der Waals surface area contributed by atoms with Gasteiger partial charge in [0.1, 0.15) is 5.75 Å². The summed E-state index contributed by atoms with van der Waals surface area (Å²) in [5.41, 5.74) is 5.35. The van der Waals surface area contributed by atoms with Crippen LogP contribution in [0.5, 0.6) is 5.75 Å². The summed E-state index contributed by atoms with van der Waals surface area (Å²) in [5.74, 6) is 0.218. The molecule has 0 saturated carbocycles. The zero-order chi connectivity index (χ0) is 40.4. The summed E-state index contributed by atoms with van der Waals surface area (Å²) >= 11 is 0. The van der Waals surface area contributed by atoms with Gasteiger partial charge in [0.15, 0.2) is 0 Å². The molecule has 0 radical (unpaired) electrons. The highest BCUT2D eigenvalue weighted by molar-refractivity contribution is 5.91. The van der Waals surface area contributed by atoms with Gasteiger partial charge in [-0.3, -0.25) is 0 Å². The number of unbranched alkanes of at least 4 members (excludes halogenated alkanes) is 27. The second kappa shape index (κ2) is 33.0. The van der Waals surface area contributed by atoms with E-state index in [4.69, 9.17) is 9.47 Å². The van der Waals surface area contributed by atoms with E-state index < -0.39 is 0 Å². The molecule has 1 unspecified atom stereocenters. The van der Waals surface area contributed by atoms with Crippen LogP contribution in [0.3, 0.4) is 0 Å². The Morgan fingerprint density at radius 3 is 1.23 bits per heavy atom. The van der Waals surface area contributed by atoms with Gasteiger partial charge in [-0.2, -0.15) is 0 Å². The van der Waals surface area contributed by atoms with Crippen LogP contribution < -0.4 is 4.74 Å². The molecule has 1 atom stereocenters. The van der Waals surface area contributed by atoms with Crippen LogP contribution in [-0.2, 0) is 11.2 Å². The molecule has 0 aliphatic carbocycles. The Labute approximate surface area is 351 Å². The Balaban J connectivity index is 1.20. The average Bonchev–Trinajstić information content (AvgIpc) is 3.24. The molecule has 0 N–H and O–H groups in total. The van der Waals surface area contributed by atoms with Gasteiger partial charge in [-0.25, -0.2) is 4.79 Å². The van der Waals surface area contributed by atoms with E-state index in [0.29, 0.717) is 11.3 Å². The number of ether oxygens (including phenoxy) is 2. The monoisotopic (exact) mass is 781 g/mol. The van der Waals surface area contributed by atoms with Gasteiger partial charge in [0, 0.05) is 6.61 Å². The highest BCUT2D eigenvalue weighted by Gasteiger charge is 2.12. The molecule has 0 aromatic heterocycles. The first kappa shape index (κ1) is 48.5. The number of aryl methyl sites for hydroxylation is 1. The average molecular weight is 781 g/mol. The first-order valence-electron chi connectivity index (χ1n) is 24.2. The largest absolute Gasteiger partial charge is 0.423 e. The van der Waals surface area contributed by atoms with E-state index in [1.54, 1.807) is 0 Å². The number of esters is 1. The van der Waals surface area contributed by atoms with Crippen molar-refractivity contribution < 1.29 is 14.3 Å². The van der Waals surface area contributed by atoms with Gasteiger partial charge in [-0.05, 0) is 72.7 Å². The second-order valence-electron chi connectivity index (χ2n) is 17.0. The molecule has 3 heteroatoms. The van der Waals surface area contributed by atoms with E-state index >= 15 is 0 Å². The lowest BCUT2D eigenvalue weighted by atomic mass is 10.0. The normalized spacial score (nSPS) is 11.9. The lowest BCUT2D eigenvalue weighted by Gasteiger charge is -2.14. The van der Waals surface area contributed by atoms with Gasteiger partial charge >= 0.3 is 5.97 Å². The lowest BCUT2D eigenvalue weighted by molar-refractivity contribution is 0.0626. The summed E-state index contributed by atoms with van der Waals surface area (Å²) in [6, 6.07) is 24.5. The Morgan fingerprint density at radius 1 is 0.439 bits per heavy atom. The summed E-state index contributed by atoms with van der Waals surface area (Å²) < 4.78 is 11.9. The van der Waals surface area contributed by atoms with Crippen LogP contribution in [0.2, 0.25) is 0 Å². The van der Waals surface area contributed by atoms with Gasteiger partial charge in [-0.1, -0.05) is 236 Å². The number of carbonyl (C=O) groups is 1. The maximum atomic E-state index is 12.9. The fraction of sp³-hybridized carbons (Fsp3) is 0.648. The van der Waals surface area contributed by atoms with E-state index in [0.717, 1.165) is 30.6 Å². The van der Waals surface area contributed by atoms with Gasteiger partial charge in [0.25, 0.3) is 0 Å². The molecule has 3 nitrogen and oxygen atoms in total. The highest BCUT2D eigenvalue weighted by Crippen LogP contribution is 2.25. The predicted octanol–water partition coefficient (Wildman–Crippen LogP) is 17.5. The van der Waals surface area contributed by atoms with Gasteiger partial charge < -0.3 is 9.47 Å². The molecule has 0 bridgehead atoms. The van der Waals surface area contributed by atoms with Crippen LogP contribution >= 0.6 is 0 Å². The molecule has 0 fully saturated rings. The molecule has 57 heavy (non-hydrogen) atoms. The maximum Gasteiger partial charge on any atom is 0.343 e. The Morgan fingerprint density at radius 2 is 0.807 bits per heavy atom. The van der Waals surface area contributed by atoms with E-state index in [-0.39, 0.29) is 12.1 Å². The molecule has 0 heterocycles. The first-order chi connectivity index (χ1) is 28.1. The van der Waals surface area contributed by atoms with E-state index in [1.165, 1.54) is 191 Å². The van der Waals surface area contributed by atoms with E-state index in [2.05, 4.69) is 45.0 Å². The Hall–Kier alpha value is -2.91. The number of hydrogen-bond donors (Lipinski definition) is 0. The Bertz CT molecular complexity index is 1360. The van der Waals surface area contributed by atoms with Gasteiger partial charge in [-0.15, -0.1) is 0 Å². The topological polar surface area (TPSA) is 35.5 Å². The second-order valence-corrected chi connectivity index (χ2v) is 17.0. The number of hydrogen-bond acceptors (Lipinski definition) is 3. The summed E-state index contributed by atoms with van der Waals surface area (Å²) in [4.78, 5) is 12.9. The van der Waals surface area contributed by atoms with Crippen molar-refractivity contribution in [3.63, 3.8) is 0 Å². The van der Waals surface area contributed by atoms with Crippen LogP contribution in [0.15, 0.2) is 72.8 Å². The molecule has 0 aliphatic heterocycles. The predicted molar refractivity (Wildman–Crippen MR) is 247 cm³/mol. The number of benzene rings is 3. The molecule has 0 aliphatic rings. The molecular formula is C54H84O3. The van der Waals surface area contributed by atoms with Gasteiger partial charge in [0.05, 0.1) is 11.7 Å². The maximum absolute atomic E-state index is 12.9. The van der Waals surface area contributed by atoms with Crippen molar-refractivity contribution in [2.45, 2.75) is 219 Å². The van der Waals surface area contributed by atoms with Crippen molar-refractivity contribution in [3.8, 4) is 16.9 Å². The highest BCUT2D eigenvalue weighted by atomic mass is 16.5. The van der Waals surface area contributed by atoms with Crippen molar-refractivity contribution in [1.82, 2.24) is 0 Å². The standard InChI is InChI=1S/C54H84O3/c1-4-6-8-10-12-14-16-18-19-20-22-24-26-28-30-32-46-56-47(3)49-38-40-52(41-39-49)54(55)57-53-44-42-51(43-45-53)50-36-34-48(35-37-50)33-31-29-27-25-23-21-17-15-13-11-9-7-5-2/h34-45,47H,4-33,46H2,1-3H3. The van der Waals surface area contributed by atoms with Crippen LogP contribution in [-0.4, -0.2) is 12.6 Å². The van der Waals surface area contributed by atoms with Crippen LogP contribution in [0.25, 0.3) is 11.1 Å². The summed E-state index contributed by atoms with van der Waals surface area (Å²) in [6.07, 6.45) is 41.2. The number of rotatable bonds is 36. The minimum atomic E-state index is -0.339. The van der Waals surface area contributed by atoms with Crippen molar-refractivity contribution in [3.05, 3.63) is 89.5 Å². The minimum absolute atomic E-state index is 0.00670. The molecule has 3 rings (SSSR count). The van der Waals surface area contributed by atoms with Crippen molar-refractivity contribution in [2.24, 2.45) is 0 Å². The third-order valence-corrected chi connectivity index (χ3v) is 11.9. The van der Waals surface area contributed by atoms with E-state index in [9.17, 15) is 4.79 Å². The molecule has 318 valence electrons. The fourth-order valence-electron chi connectivity index (χ4n) is 7.99. The van der Waals surface area contributed by atoms with Crippen molar-refractivity contribution in [1.29, 1.82) is 0 Å². The van der Waals surface area contributed by atoms with Crippen LogP contribution in [0, 0.1) is 0 Å².